The Morgan fingerprint density at radius 1 is 0.667 bits per heavy atom. The van der Waals surface area contributed by atoms with E-state index >= 15 is 0 Å². The van der Waals surface area contributed by atoms with Gasteiger partial charge in [-0.3, -0.25) is 0 Å². The average Bonchev–Trinajstić information content (AvgIpc) is 3.05. The second kappa shape index (κ2) is 6.12. The van der Waals surface area contributed by atoms with Crippen LogP contribution >= 0.6 is 0 Å². The Bertz CT molecular complexity index is 659. The van der Waals surface area contributed by atoms with Gasteiger partial charge in [-0.1, -0.05) is 0 Å². The quantitative estimate of drug-likeness (QED) is 0.682. The number of hydrogen-bond donors (Lipinski definition) is 0. The fraction of sp³-hybridized carbons (Fsp3) is 0.125. The van der Waals surface area contributed by atoms with Gasteiger partial charge in [0.1, 0.15) is 0 Å². The molecule has 0 saturated carbocycles. The molecule has 0 atom stereocenters. The van der Waals surface area contributed by atoms with Crippen molar-refractivity contribution in [2.45, 2.75) is 0 Å². The van der Waals surface area contributed by atoms with Crippen LogP contribution in [0, 0.1) is 0 Å². The molecule has 4 nitrogen and oxygen atoms in total. The number of aromatic nitrogens is 2. The van der Waals surface area contributed by atoms with Crippen LogP contribution in [0.2, 0.25) is 0 Å². The number of rotatable bonds is 4. The molecule has 106 valence electrons. The van der Waals surface area contributed by atoms with Crippen molar-refractivity contribution in [3.63, 3.8) is 0 Å². The molecule has 0 radical (unpaired) electrons. The van der Waals surface area contributed by atoms with Crippen molar-refractivity contribution in [1.82, 2.24) is 10.2 Å². The Balaban J connectivity index is 1.87. The molecule has 0 saturated heterocycles. The Morgan fingerprint density at radius 2 is 1.05 bits per heavy atom. The summed E-state index contributed by atoms with van der Waals surface area (Å²) in [6.45, 7) is 0. The zero-order chi connectivity index (χ0) is 14.7. The van der Waals surface area contributed by atoms with Gasteiger partial charge in [0, 0.05) is 0 Å². The van der Waals surface area contributed by atoms with E-state index in [1.807, 2.05) is 48.5 Å². The second-order valence-electron chi connectivity index (χ2n) is 4.37. The van der Waals surface area contributed by atoms with Gasteiger partial charge in [0.05, 0.1) is 0 Å². The van der Waals surface area contributed by atoms with Gasteiger partial charge in [0.25, 0.3) is 0 Å². The average molecular weight is 345 g/mol. The molecule has 0 fully saturated rings. The van der Waals surface area contributed by atoms with Gasteiger partial charge < -0.3 is 0 Å². The van der Waals surface area contributed by atoms with Crippen LogP contribution in [0.5, 0.6) is 11.5 Å². The van der Waals surface area contributed by atoms with E-state index in [1.54, 1.807) is 14.2 Å². The van der Waals surface area contributed by atoms with Gasteiger partial charge >= 0.3 is 129 Å². The van der Waals surface area contributed by atoms with Gasteiger partial charge in [-0.05, 0) is 0 Å². The van der Waals surface area contributed by atoms with Crippen molar-refractivity contribution >= 4 is 14.5 Å². The molecule has 0 amide bonds. The van der Waals surface area contributed by atoms with E-state index in [2.05, 4.69) is 10.2 Å². The molecule has 0 N–H and O–H groups in total. The molecule has 0 aliphatic heterocycles. The van der Waals surface area contributed by atoms with Gasteiger partial charge in [0.15, 0.2) is 0 Å². The van der Waals surface area contributed by atoms with Crippen LogP contribution in [0.4, 0.5) is 0 Å². The first kappa shape index (κ1) is 13.9. The second-order valence-corrected chi connectivity index (χ2v) is 6.42. The monoisotopic (exact) mass is 346 g/mol. The molecule has 0 bridgehead atoms. The molecule has 2 aromatic carbocycles. The Labute approximate surface area is 129 Å². The zero-order valence-electron chi connectivity index (χ0n) is 11.7. The predicted octanol–water partition coefficient (Wildman–Crippen LogP) is 2.88. The molecule has 0 aliphatic rings. The maximum absolute atomic E-state index is 5.17. The summed E-state index contributed by atoms with van der Waals surface area (Å²) in [7, 11) is 3.33. The van der Waals surface area contributed by atoms with Crippen LogP contribution < -0.4 is 9.47 Å². The number of ether oxygens (including phenoxy) is 2. The molecule has 1 heterocycles. The number of methoxy groups -OCH3 is 2. The minimum absolute atomic E-state index is 0.114. The fourth-order valence-corrected chi connectivity index (χ4v) is 3.72. The third-order valence-electron chi connectivity index (χ3n) is 3.10. The Kier molecular flexibility index (Phi) is 4.04. The van der Waals surface area contributed by atoms with E-state index in [4.69, 9.17) is 9.47 Å². The molecular weight excluding hydrogens is 331 g/mol. The topological polar surface area (TPSA) is 44.2 Å². The van der Waals surface area contributed by atoms with E-state index in [-0.39, 0.29) is 14.5 Å². The molecule has 3 rings (SSSR count). The summed E-state index contributed by atoms with van der Waals surface area (Å²) in [6.07, 6.45) is 0. The molecule has 21 heavy (non-hydrogen) atoms. The van der Waals surface area contributed by atoms with Crippen molar-refractivity contribution in [3.05, 3.63) is 48.5 Å². The summed E-state index contributed by atoms with van der Waals surface area (Å²) in [4.78, 5) is 0. The maximum atomic E-state index is 5.17. The first-order chi connectivity index (χ1) is 10.3. The number of nitrogens with zero attached hydrogens (tertiary/aromatic N) is 2. The third kappa shape index (κ3) is 2.99. The predicted molar refractivity (Wildman–Crippen MR) is 82.9 cm³/mol. The van der Waals surface area contributed by atoms with Crippen molar-refractivity contribution in [2.75, 3.05) is 14.2 Å². The third-order valence-corrected chi connectivity index (χ3v) is 5.24. The van der Waals surface area contributed by atoms with Crippen LogP contribution in [0.3, 0.4) is 0 Å². The molecule has 5 heteroatoms. The number of hydrogen-bond acceptors (Lipinski definition) is 4. The first-order valence-electron chi connectivity index (χ1n) is 6.42. The normalized spacial score (nSPS) is 10.4. The van der Waals surface area contributed by atoms with Crippen LogP contribution in [-0.2, 0) is 0 Å². The fourth-order valence-electron chi connectivity index (χ4n) is 1.92. The van der Waals surface area contributed by atoms with Crippen LogP contribution in [0.25, 0.3) is 20.3 Å². The van der Waals surface area contributed by atoms with E-state index in [9.17, 15) is 0 Å². The molecule has 0 spiro atoms. The van der Waals surface area contributed by atoms with Crippen molar-refractivity contribution in [1.29, 1.82) is 0 Å². The zero-order valence-corrected chi connectivity index (χ0v) is 13.5. The Morgan fingerprint density at radius 3 is 1.38 bits per heavy atom. The molecule has 3 aromatic rings. The minimum atomic E-state index is 0.114. The Hall–Kier alpha value is -2.10. The summed E-state index contributed by atoms with van der Waals surface area (Å²) in [5.74, 6) is 1.70. The van der Waals surface area contributed by atoms with Gasteiger partial charge in [-0.2, -0.15) is 0 Å². The van der Waals surface area contributed by atoms with Crippen molar-refractivity contribution in [2.24, 2.45) is 0 Å². The van der Waals surface area contributed by atoms with Gasteiger partial charge in [-0.25, -0.2) is 0 Å². The van der Waals surface area contributed by atoms with Gasteiger partial charge in [0.2, 0.25) is 0 Å². The van der Waals surface area contributed by atoms with E-state index in [0.29, 0.717) is 0 Å². The van der Waals surface area contributed by atoms with Crippen LogP contribution in [0.1, 0.15) is 0 Å². The van der Waals surface area contributed by atoms with Crippen LogP contribution in [0.15, 0.2) is 48.5 Å². The van der Waals surface area contributed by atoms with Crippen molar-refractivity contribution in [3.8, 4) is 31.8 Å². The molecular formula is C16H14N2O2Se. The summed E-state index contributed by atoms with van der Waals surface area (Å²) in [6, 6.07) is 15.9. The van der Waals surface area contributed by atoms with E-state index < -0.39 is 0 Å². The molecule has 1 aromatic heterocycles. The standard InChI is InChI=1S/C16H14N2O2Se/c1-19-13-7-3-11(4-8-13)15-17-18-16(21-15)12-5-9-14(20-2)10-6-12/h3-10H,1-2H3. The summed E-state index contributed by atoms with van der Waals surface area (Å²) in [5, 5.41) is 8.64. The SMILES string of the molecule is COc1ccc(-c2nnc(-c3ccc(OC)cc3)[se]2)cc1. The van der Waals surface area contributed by atoms with Crippen LogP contribution in [-0.4, -0.2) is 38.9 Å². The summed E-state index contributed by atoms with van der Waals surface area (Å²) in [5.41, 5.74) is 2.20. The summed E-state index contributed by atoms with van der Waals surface area (Å²) < 4.78 is 12.4. The summed E-state index contributed by atoms with van der Waals surface area (Å²) >= 11 is 0.114. The molecule has 0 unspecified atom stereocenters. The number of benzene rings is 2. The molecule has 0 aliphatic carbocycles. The van der Waals surface area contributed by atoms with Gasteiger partial charge in [-0.15, -0.1) is 0 Å². The van der Waals surface area contributed by atoms with E-state index in [0.717, 1.165) is 31.8 Å². The van der Waals surface area contributed by atoms with Crippen molar-refractivity contribution < 1.29 is 9.47 Å². The van der Waals surface area contributed by atoms with E-state index in [1.165, 1.54) is 0 Å². The first-order valence-corrected chi connectivity index (χ1v) is 8.14.